The van der Waals surface area contributed by atoms with Crippen LogP contribution in [0.15, 0.2) is 23.6 Å². The number of rotatable bonds is 2. The van der Waals surface area contributed by atoms with Crippen molar-refractivity contribution in [3.8, 4) is 22.1 Å². The fraction of sp³-hybridized carbons (Fsp3) is 0.182. The van der Waals surface area contributed by atoms with E-state index in [1.54, 1.807) is 0 Å². The molecule has 0 unspecified atom stereocenters. The van der Waals surface area contributed by atoms with Crippen LogP contribution < -0.4 is 9.47 Å². The van der Waals surface area contributed by atoms with E-state index >= 15 is 0 Å². The number of nitrogens with zero attached hydrogens (tertiary/aromatic N) is 1. The second-order valence-electron chi connectivity index (χ2n) is 3.37. The van der Waals surface area contributed by atoms with Crippen molar-refractivity contribution in [1.29, 1.82) is 0 Å². The molecular formula is C11H9NO3S. The molecular weight excluding hydrogens is 226 g/mol. The molecule has 82 valence electrons. The topological polar surface area (TPSA) is 51.6 Å². The van der Waals surface area contributed by atoms with Crippen LogP contribution in [0, 0.1) is 0 Å². The van der Waals surface area contributed by atoms with Gasteiger partial charge < -0.3 is 14.6 Å². The van der Waals surface area contributed by atoms with E-state index in [1.807, 2.05) is 23.6 Å². The Morgan fingerprint density at radius 1 is 1.31 bits per heavy atom. The highest BCUT2D eigenvalue weighted by molar-refractivity contribution is 7.13. The number of aliphatic hydroxyl groups is 1. The largest absolute Gasteiger partial charge is 0.454 e. The van der Waals surface area contributed by atoms with Crippen molar-refractivity contribution in [1.82, 2.24) is 4.98 Å². The van der Waals surface area contributed by atoms with Crippen LogP contribution in [0.2, 0.25) is 0 Å². The molecule has 3 rings (SSSR count). The lowest BCUT2D eigenvalue weighted by Crippen LogP contribution is -1.92. The second-order valence-corrected chi connectivity index (χ2v) is 4.23. The third kappa shape index (κ3) is 1.54. The van der Waals surface area contributed by atoms with E-state index in [4.69, 9.17) is 14.6 Å². The molecule has 0 aliphatic carbocycles. The molecule has 0 atom stereocenters. The highest BCUT2D eigenvalue weighted by Gasteiger charge is 2.14. The first kappa shape index (κ1) is 9.62. The molecule has 1 N–H and O–H groups in total. The minimum Gasteiger partial charge on any atom is -0.454 e. The number of benzene rings is 1. The van der Waals surface area contributed by atoms with Crippen molar-refractivity contribution in [2.45, 2.75) is 6.61 Å². The van der Waals surface area contributed by atoms with Gasteiger partial charge in [0, 0.05) is 10.9 Å². The lowest BCUT2D eigenvalue weighted by atomic mass is 10.2. The van der Waals surface area contributed by atoms with Crippen molar-refractivity contribution in [2.75, 3.05) is 6.79 Å². The molecule has 5 heteroatoms. The van der Waals surface area contributed by atoms with Crippen LogP contribution in [-0.4, -0.2) is 16.9 Å². The summed E-state index contributed by atoms with van der Waals surface area (Å²) in [6.45, 7) is 0.250. The minimum absolute atomic E-state index is 0.0267. The van der Waals surface area contributed by atoms with Crippen molar-refractivity contribution < 1.29 is 14.6 Å². The second kappa shape index (κ2) is 3.77. The molecule has 0 amide bonds. The summed E-state index contributed by atoms with van der Waals surface area (Å²) in [7, 11) is 0. The summed E-state index contributed by atoms with van der Waals surface area (Å²) in [4.78, 5) is 4.30. The number of hydrogen-bond donors (Lipinski definition) is 1. The number of thiazole rings is 1. The summed E-state index contributed by atoms with van der Waals surface area (Å²) in [6.07, 6.45) is 0. The summed E-state index contributed by atoms with van der Waals surface area (Å²) < 4.78 is 10.5. The van der Waals surface area contributed by atoms with Gasteiger partial charge in [-0.3, -0.25) is 0 Å². The van der Waals surface area contributed by atoms with Gasteiger partial charge in [-0.05, 0) is 18.2 Å². The third-order valence-electron chi connectivity index (χ3n) is 2.33. The molecule has 0 saturated carbocycles. The van der Waals surface area contributed by atoms with Gasteiger partial charge in [0.05, 0.1) is 12.3 Å². The molecule has 1 aromatic carbocycles. The summed E-state index contributed by atoms with van der Waals surface area (Å²) in [6, 6.07) is 5.72. The Morgan fingerprint density at radius 3 is 3.00 bits per heavy atom. The normalized spacial score (nSPS) is 13.1. The van der Waals surface area contributed by atoms with Gasteiger partial charge in [0.1, 0.15) is 5.01 Å². The lowest BCUT2D eigenvalue weighted by molar-refractivity contribution is 0.174. The standard InChI is InChI=1S/C11H9NO3S/c13-4-8-5-16-11(12-8)7-1-2-9-10(3-7)15-6-14-9/h1-3,5,13H,4,6H2. The monoisotopic (exact) mass is 235 g/mol. The van der Waals surface area contributed by atoms with Crippen molar-refractivity contribution in [2.24, 2.45) is 0 Å². The predicted octanol–water partition coefficient (Wildman–Crippen LogP) is 2.03. The van der Waals surface area contributed by atoms with E-state index < -0.39 is 0 Å². The molecule has 16 heavy (non-hydrogen) atoms. The smallest absolute Gasteiger partial charge is 0.231 e. The predicted molar refractivity (Wildman–Crippen MR) is 59.6 cm³/mol. The number of aliphatic hydroxyl groups excluding tert-OH is 1. The number of aromatic nitrogens is 1. The Morgan fingerprint density at radius 2 is 2.19 bits per heavy atom. The highest BCUT2D eigenvalue weighted by atomic mass is 32.1. The maximum absolute atomic E-state index is 8.95. The average Bonchev–Trinajstić information content (AvgIpc) is 2.96. The van der Waals surface area contributed by atoms with Gasteiger partial charge in [-0.15, -0.1) is 11.3 Å². The Hall–Kier alpha value is -1.59. The third-order valence-corrected chi connectivity index (χ3v) is 3.27. The van der Waals surface area contributed by atoms with E-state index in [0.717, 1.165) is 22.1 Å². The fourth-order valence-corrected chi connectivity index (χ4v) is 2.35. The molecule has 4 nitrogen and oxygen atoms in total. The Kier molecular flexibility index (Phi) is 2.27. The zero-order valence-electron chi connectivity index (χ0n) is 8.34. The van der Waals surface area contributed by atoms with Gasteiger partial charge in [-0.25, -0.2) is 4.98 Å². The van der Waals surface area contributed by atoms with Crippen LogP contribution in [0.5, 0.6) is 11.5 Å². The first-order chi connectivity index (χ1) is 7.86. The van der Waals surface area contributed by atoms with E-state index in [9.17, 15) is 0 Å². The van der Waals surface area contributed by atoms with Crippen LogP contribution in [0.3, 0.4) is 0 Å². The average molecular weight is 235 g/mol. The van der Waals surface area contributed by atoms with Gasteiger partial charge in [0.2, 0.25) is 6.79 Å². The lowest BCUT2D eigenvalue weighted by Gasteiger charge is -1.98. The fourth-order valence-electron chi connectivity index (χ4n) is 1.54. The zero-order valence-corrected chi connectivity index (χ0v) is 9.16. The van der Waals surface area contributed by atoms with Crippen LogP contribution in [0.1, 0.15) is 5.69 Å². The van der Waals surface area contributed by atoms with Crippen molar-refractivity contribution in [3.63, 3.8) is 0 Å². The number of fused-ring (bicyclic) bond motifs is 1. The van der Waals surface area contributed by atoms with E-state index in [1.165, 1.54) is 11.3 Å². The van der Waals surface area contributed by atoms with E-state index in [2.05, 4.69) is 4.98 Å². The van der Waals surface area contributed by atoms with Gasteiger partial charge >= 0.3 is 0 Å². The number of ether oxygens (including phenoxy) is 2. The first-order valence-corrected chi connectivity index (χ1v) is 5.70. The molecule has 0 radical (unpaired) electrons. The molecule has 2 aromatic rings. The Balaban J connectivity index is 2.00. The van der Waals surface area contributed by atoms with Gasteiger partial charge in [0.25, 0.3) is 0 Å². The Bertz CT molecular complexity index is 524. The maximum Gasteiger partial charge on any atom is 0.231 e. The minimum atomic E-state index is -0.0267. The van der Waals surface area contributed by atoms with Gasteiger partial charge in [0.15, 0.2) is 11.5 Å². The molecule has 0 bridgehead atoms. The quantitative estimate of drug-likeness (QED) is 0.865. The van der Waals surface area contributed by atoms with Gasteiger partial charge in [-0.2, -0.15) is 0 Å². The van der Waals surface area contributed by atoms with Crippen LogP contribution in [-0.2, 0) is 6.61 Å². The van der Waals surface area contributed by atoms with Crippen LogP contribution in [0.25, 0.3) is 10.6 Å². The molecule has 2 heterocycles. The van der Waals surface area contributed by atoms with E-state index in [0.29, 0.717) is 5.69 Å². The molecule has 1 aromatic heterocycles. The molecule has 0 fully saturated rings. The molecule has 1 aliphatic rings. The number of hydrogen-bond acceptors (Lipinski definition) is 5. The molecule has 0 spiro atoms. The van der Waals surface area contributed by atoms with Crippen LogP contribution >= 0.6 is 11.3 Å². The SMILES string of the molecule is OCc1csc(-c2ccc3c(c2)OCO3)n1. The van der Waals surface area contributed by atoms with Crippen molar-refractivity contribution >= 4 is 11.3 Å². The zero-order chi connectivity index (χ0) is 11.0. The van der Waals surface area contributed by atoms with Crippen molar-refractivity contribution in [3.05, 3.63) is 29.3 Å². The summed E-state index contributed by atoms with van der Waals surface area (Å²) in [5, 5.41) is 11.7. The Labute approximate surface area is 96.1 Å². The van der Waals surface area contributed by atoms with E-state index in [-0.39, 0.29) is 13.4 Å². The summed E-state index contributed by atoms with van der Waals surface area (Å²) >= 11 is 1.51. The molecule has 0 saturated heterocycles. The van der Waals surface area contributed by atoms with Crippen LogP contribution in [0.4, 0.5) is 0 Å². The summed E-state index contributed by atoms with van der Waals surface area (Å²) in [5.41, 5.74) is 1.67. The highest BCUT2D eigenvalue weighted by Crippen LogP contribution is 2.36. The first-order valence-electron chi connectivity index (χ1n) is 4.82. The maximum atomic E-state index is 8.95. The summed E-state index contributed by atoms with van der Waals surface area (Å²) in [5.74, 6) is 1.51. The molecule has 1 aliphatic heterocycles. The van der Waals surface area contributed by atoms with Gasteiger partial charge in [-0.1, -0.05) is 0 Å².